The highest BCUT2D eigenvalue weighted by Gasteiger charge is 2.13. The zero-order chi connectivity index (χ0) is 14.8. The fourth-order valence-corrected chi connectivity index (χ4v) is 2.98. The number of nitrogens with two attached hydrogens (primary N) is 2. The summed E-state index contributed by atoms with van der Waals surface area (Å²) >= 11 is 0. The van der Waals surface area contributed by atoms with E-state index in [2.05, 4.69) is 4.72 Å². The fourth-order valence-electron chi connectivity index (χ4n) is 1.52. The van der Waals surface area contributed by atoms with Crippen molar-refractivity contribution in [2.45, 2.75) is 9.79 Å². The van der Waals surface area contributed by atoms with Crippen molar-refractivity contribution >= 4 is 32.4 Å². The smallest absolute Gasteiger partial charge is 0.261 e. The number of hydrogen-bond donors (Lipinski definition) is 3. The van der Waals surface area contributed by atoms with Crippen LogP contribution < -0.4 is 15.6 Å². The molecule has 0 saturated heterocycles. The molecule has 5 N–H and O–H groups in total. The first-order valence-corrected chi connectivity index (χ1v) is 8.23. The second-order valence-electron chi connectivity index (χ2n) is 4.00. The van der Waals surface area contributed by atoms with Gasteiger partial charge in [0.05, 0.1) is 9.79 Å². The molecule has 0 aliphatic rings. The summed E-state index contributed by atoms with van der Waals surface area (Å²) in [5, 5.41) is 5.22. The van der Waals surface area contributed by atoms with Crippen molar-refractivity contribution in [3.8, 4) is 0 Å². The number of nitrogen functional groups attached to an aromatic ring is 1. The molecule has 0 saturated carbocycles. The van der Waals surface area contributed by atoms with Gasteiger partial charge in [0, 0.05) is 11.4 Å². The van der Waals surface area contributed by atoms with Crippen molar-refractivity contribution in [1.29, 1.82) is 0 Å². The van der Waals surface area contributed by atoms with Gasteiger partial charge in [-0.1, -0.05) is 0 Å². The van der Waals surface area contributed by atoms with Crippen LogP contribution in [0.3, 0.4) is 0 Å². The van der Waals surface area contributed by atoms with Gasteiger partial charge < -0.3 is 5.73 Å². The molecule has 0 aliphatic heterocycles. The van der Waals surface area contributed by atoms with Crippen molar-refractivity contribution in [3.63, 3.8) is 0 Å². The van der Waals surface area contributed by atoms with E-state index in [1.807, 2.05) is 0 Å². The largest absolute Gasteiger partial charge is 0.399 e. The monoisotopic (exact) mass is 311 g/mol. The highest BCUT2D eigenvalue weighted by Crippen LogP contribution is 2.18. The molecule has 0 amide bonds. The van der Waals surface area contributed by atoms with Gasteiger partial charge in [-0.15, -0.1) is 0 Å². The maximum absolute atomic E-state index is 12.1. The quantitative estimate of drug-likeness (QED) is 0.732. The first kappa shape index (κ1) is 14.5. The Morgan fingerprint density at radius 3 is 2.00 bits per heavy atom. The predicted octanol–water partition coefficient (Wildman–Crippen LogP) is 1.05. The van der Waals surface area contributed by atoms with Crippen molar-refractivity contribution in [2.75, 3.05) is 10.5 Å². The van der Waals surface area contributed by atoms with Crippen LogP contribution in [0.25, 0.3) is 0 Å². The Morgan fingerprint density at radius 1 is 0.950 bits per heavy atom. The van der Waals surface area contributed by atoms with E-state index in [-0.39, 0.29) is 4.90 Å². The second kappa shape index (κ2) is 5.61. The van der Waals surface area contributed by atoms with E-state index in [0.29, 0.717) is 16.3 Å². The number of anilines is 2. The van der Waals surface area contributed by atoms with Crippen molar-refractivity contribution in [2.24, 2.45) is 5.14 Å². The molecule has 6 nitrogen and oxygen atoms in total. The van der Waals surface area contributed by atoms with Gasteiger partial charge in [-0.2, -0.15) is 0 Å². The van der Waals surface area contributed by atoms with Crippen LogP contribution in [0.4, 0.5) is 11.4 Å². The van der Waals surface area contributed by atoms with Crippen molar-refractivity contribution in [3.05, 3.63) is 48.5 Å². The third kappa shape index (κ3) is 3.35. The molecule has 0 heterocycles. The average molecular weight is 311 g/mol. The third-order valence-electron chi connectivity index (χ3n) is 2.53. The lowest BCUT2D eigenvalue weighted by molar-refractivity contribution is 0.601. The van der Waals surface area contributed by atoms with E-state index in [9.17, 15) is 12.6 Å². The fraction of sp³-hybridized carbons (Fsp3) is 0. The summed E-state index contributed by atoms with van der Waals surface area (Å²) in [7, 11) is -5.27. The average Bonchev–Trinajstić information content (AvgIpc) is 2.39. The number of nitrogens with one attached hydrogen (secondary N) is 1. The molecule has 1 atom stereocenters. The molecule has 2 rings (SSSR count). The lowest BCUT2D eigenvalue weighted by atomic mass is 10.3. The summed E-state index contributed by atoms with van der Waals surface area (Å²) in [5.74, 6) is 0. The molecule has 0 radical (unpaired) electrons. The van der Waals surface area contributed by atoms with Crippen LogP contribution in [-0.2, 0) is 21.0 Å². The van der Waals surface area contributed by atoms with Crippen LogP contribution in [0.5, 0.6) is 0 Å². The number of sulfonamides is 1. The summed E-state index contributed by atoms with van der Waals surface area (Å²) in [4.78, 5) is 0.526. The van der Waals surface area contributed by atoms with E-state index in [4.69, 9.17) is 10.9 Å². The highest BCUT2D eigenvalue weighted by molar-refractivity contribution is 7.92. The van der Waals surface area contributed by atoms with Gasteiger partial charge in [0.15, 0.2) is 0 Å². The second-order valence-corrected chi connectivity index (χ2v) is 6.74. The molecule has 2 aromatic carbocycles. The number of hydrogen-bond acceptors (Lipinski definition) is 4. The Hall–Kier alpha value is -1.90. The van der Waals surface area contributed by atoms with Crippen LogP contribution in [0, 0.1) is 0 Å². The minimum atomic E-state index is -3.68. The minimum absolute atomic E-state index is 0.109. The van der Waals surface area contributed by atoms with Crippen LogP contribution in [-0.4, -0.2) is 12.6 Å². The van der Waals surface area contributed by atoms with Gasteiger partial charge >= 0.3 is 0 Å². The topological polar surface area (TPSA) is 115 Å². The maximum Gasteiger partial charge on any atom is 0.261 e. The summed E-state index contributed by atoms with van der Waals surface area (Å²) in [5.41, 5.74) is 6.35. The lowest BCUT2D eigenvalue weighted by Gasteiger charge is -2.08. The number of benzene rings is 2. The highest BCUT2D eigenvalue weighted by atomic mass is 32.2. The van der Waals surface area contributed by atoms with Crippen molar-refractivity contribution in [1.82, 2.24) is 0 Å². The maximum atomic E-state index is 12.1. The molecular formula is C12H13N3O3S2. The summed E-state index contributed by atoms with van der Waals surface area (Å²) in [6.45, 7) is 0. The SMILES string of the molecule is Nc1ccc(S(=O)(=O)Nc2ccc(S(N)=O)cc2)cc1. The van der Waals surface area contributed by atoms with Gasteiger partial charge in [0.2, 0.25) is 0 Å². The summed E-state index contributed by atoms with van der Waals surface area (Å²) < 4.78 is 37.6. The van der Waals surface area contributed by atoms with Crippen LogP contribution in [0.2, 0.25) is 0 Å². The Kier molecular flexibility index (Phi) is 4.07. The standard InChI is InChI=1S/C12H13N3O3S2/c13-9-1-7-12(8-2-9)20(17,18)15-10-3-5-11(6-4-10)19(14)16/h1-8,15H,13-14H2. The predicted molar refractivity (Wildman–Crippen MR) is 78.7 cm³/mol. The molecular weight excluding hydrogens is 298 g/mol. The molecule has 0 aliphatic carbocycles. The Labute approximate surface area is 119 Å². The lowest BCUT2D eigenvalue weighted by Crippen LogP contribution is -2.13. The first-order chi connectivity index (χ1) is 9.38. The molecule has 20 heavy (non-hydrogen) atoms. The molecule has 0 spiro atoms. The van der Waals surface area contributed by atoms with Crippen molar-refractivity contribution < 1.29 is 12.6 Å². The van der Waals surface area contributed by atoms with Crippen LogP contribution in [0.15, 0.2) is 58.3 Å². The van der Waals surface area contributed by atoms with Gasteiger partial charge in [-0.25, -0.2) is 17.8 Å². The van der Waals surface area contributed by atoms with Gasteiger partial charge in [-0.05, 0) is 48.5 Å². The molecule has 2 aromatic rings. The molecule has 8 heteroatoms. The molecule has 0 bridgehead atoms. The molecule has 1 unspecified atom stereocenters. The zero-order valence-corrected chi connectivity index (χ0v) is 11.9. The minimum Gasteiger partial charge on any atom is -0.399 e. The molecule has 0 fully saturated rings. The Morgan fingerprint density at radius 2 is 1.50 bits per heavy atom. The van der Waals surface area contributed by atoms with Crippen LogP contribution >= 0.6 is 0 Å². The van der Waals surface area contributed by atoms with E-state index >= 15 is 0 Å². The molecule has 0 aromatic heterocycles. The van der Waals surface area contributed by atoms with E-state index < -0.39 is 21.0 Å². The van der Waals surface area contributed by atoms with Gasteiger partial charge in [-0.3, -0.25) is 4.72 Å². The van der Waals surface area contributed by atoms with E-state index in [0.717, 1.165) is 0 Å². The van der Waals surface area contributed by atoms with E-state index in [1.165, 1.54) is 48.5 Å². The zero-order valence-electron chi connectivity index (χ0n) is 10.3. The summed E-state index contributed by atoms with van der Waals surface area (Å²) in [6.07, 6.45) is 0. The molecule has 106 valence electrons. The Bertz CT molecular complexity index is 726. The third-order valence-corrected chi connectivity index (χ3v) is 4.66. The van der Waals surface area contributed by atoms with Gasteiger partial charge in [0.1, 0.15) is 11.0 Å². The Balaban J connectivity index is 2.24. The van der Waals surface area contributed by atoms with Gasteiger partial charge in [0.25, 0.3) is 10.0 Å². The number of rotatable bonds is 4. The van der Waals surface area contributed by atoms with Crippen LogP contribution in [0.1, 0.15) is 0 Å². The normalized spacial score (nSPS) is 12.8. The van der Waals surface area contributed by atoms with E-state index in [1.54, 1.807) is 0 Å². The first-order valence-electron chi connectivity index (χ1n) is 5.53. The summed E-state index contributed by atoms with van der Waals surface area (Å²) in [6, 6.07) is 11.8.